The molecular weight excluding hydrogens is 269 g/mol. The standard InChI is InChI=1S/C16H14FN3O/c1-19-16(21)12-5-2-4-11(8-12)10-20-15-7-3-6-14(17)13(15)9-18/h2-8,20H,10H2,1H3,(H,19,21). The number of halogens is 1. The first-order chi connectivity index (χ1) is 10.2. The Labute approximate surface area is 122 Å². The zero-order chi connectivity index (χ0) is 15.2. The fraction of sp³-hybridized carbons (Fsp3) is 0.125. The number of carbonyl (C=O) groups excluding carboxylic acids is 1. The van der Waals surface area contributed by atoms with Crippen LogP contribution in [0.25, 0.3) is 0 Å². The van der Waals surface area contributed by atoms with Crippen molar-refractivity contribution in [2.75, 3.05) is 12.4 Å². The van der Waals surface area contributed by atoms with Crippen LogP contribution in [0, 0.1) is 17.1 Å². The second-order valence-corrected chi connectivity index (χ2v) is 4.41. The fourth-order valence-corrected chi connectivity index (χ4v) is 1.95. The molecule has 2 N–H and O–H groups in total. The first kappa shape index (κ1) is 14.5. The van der Waals surface area contributed by atoms with Crippen LogP contribution in [0.1, 0.15) is 21.5 Å². The summed E-state index contributed by atoms with van der Waals surface area (Å²) in [6, 6.07) is 13.4. The molecule has 0 unspecified atom stereocenters. The molecule has 1 amide bonds. The number of nitrogens with one attached hydrogen (secondary N) is 2. The molecule has 2 aromatic carbocycles. The Morgan fingerprint density at radius 3 is 2.76 bits per heavy atom. The summed E-state index contributed by atoms with van der Waals surface area (Å²) in [6.45, 7) is 0.392. The topological polar surface area (TPSA) is 64.9 Å². The molecule has 0 aliphatic carbocycles. The minimum Gasteiger partial charge on any atom is -0.380 e. The smallest absolute Gasteiger partial charge is 0.251 e. The largest absolute Gasteiger partial charge is 0.380 e. The molecule has 2 rings (SSSR count). The van der Waals surface area contributed by atoms with Gasteiger partial charge < -0.3 is 10.6 Å². The molecule has 0 aliphatic rings. The van der Waals surface area contributed by atoms with Crippen LogP contribution in [-0.4, -0.2) is 13.0 Å². The Hall–Kier alpha value is -2.87. The third kappa shape index (κ3) is 3.37. The average molecular weight is 283 g/mol. The SMILES string of the molecule is CNC(=O)c1cccc(CNc2cccc(F)c2C#N)c1. The van der Waals surface area contributed by atoms with E-state index < -0.39 is 5.82 Å². The molecule has 106 valence electrons. The lowest BCUT2D eigenvalue weighted by molar-refractivity contribution is 0.0963. The number of hydrogen-bond donors (Lipinski definition) is 2. The van der Waals surface area contributed by atoms with Crippen molar-refractivity contribution in [2.45, 2.75) is 6.54 Å². The number of benzene rings is 2. The molecule has 0 aliphatic heterocycles. The number of nitrogens with zero attached hydrogens (tertiary/aromatic N) is 1. The number of hydrogen-bond acceptors (Lipinski definition) is 3. The zero-order valence-corrected chi connectivity index (χ0v) is 11.5. The van der Waals surface area contributed by atoms with Crippen molar-refractivity contribution in [1.29, 1.82) is 5.26 Å². The normalized spacial score (nSPS) is 9.76. The molecule has 0 saturated carbocycles. The zero-order valence-electron chi connectivity index (χ0n) is 11.5. The van der Waals surface area contributed by atoms with E-state index >= 15 is 0 Å². The minimum absolute atomic E-state index is 0.0139. The number of amides is 1. The first-order valence-electron chi connectivity index (χ1n) is 6.39. The van der Waals surface area contributed by atoms with Gasteiger partial charge in [0.1, 0.15) is 17.4 Å². The van der Waals surface area contributed by atoms with Gasteiger partial charge in [0, 0.05) is 19.2 Å². The van der Waals surface area contributed by atoms with Crippen LogP contribution in [0.2, 0.25) is 0 Å². The highest BCUT2D eigenvalue weighted by molar-refractivity contribution is 5.94. The second kappa shape index (κ2) is 6.53. The van der Waals surface area contributed by atoms with E-state index in [1.807, 2.05) is 12.1 Å². The molecule has 0 saturated heterocycles. The highest BCUT2D eigenvalue weighted by Gasteiger charge is 2.08. The van der Waals surface area contributed by atoms with Crippen molar-refractivity contribution >= 4 is 11.6 Å². The van der Waals surface area contributed by atoms with Crippen molar-refractivity contribution in [1.82, 2.24) is 5.32 Å². The van der Waals surface area contributed by atoms with Crippen molar-refractivity contribution in [3.63, 3.8) is 0 Å². The second-order valence-electron chi connectivity index (χ2n) is 4.41. The van der Waals surface area contributed by atoms with E-state index in [-0.39, 0.29) is 11.5 Å². The van der Waals surface area contributed by atoms with E-state index in [9.17, 15) is 9.18 Å². The highest BCUT2D eigenvalue weighted by Crippen LogP contribution is 2.18. The van der Waals surface area contributed by atoms with Crippen molar-refractivity contribution in [2.24, 2.45) is 0 Å². The number of anilines is 1. The average Bonchev–Trinajstić information content (AvgIpc) is 2.52. The van der Waals surface area contributed by atoms with E-state index in [0.717, 1.165) is 5.56 Å². The van der Waals surface area contributed by atoms with Crippen LogP contribution in [0.3, 0.4) is 0 Å². The molecule has 0 aromatic heterocycles. The molecule has 0 spiro atoms. The third-order valence-corrected chi connectivity index (χ3v) is 3.02. The molecule has 0 atom stereocenters. The molecule has 5 heteroatoms. The maximum absolute atomic E-state index is 13.5. The van der Waals surface area contributed by atoms with Crippen LogP contribution in [-0.2, 0) is 6.54 Å². The van der Waals surface area contributed by atoms with E-state index in [0.29, 0.717) is 17.8 Å². The van der Waals surface area contributed by atoms with E-state index in [1.54, 1.807) is 37.4 Å². The quantitative estimate of drug-likeness (QED) is 0.906. The molecule has 21 heavy (non-hydrogen) atoms. The van der Waals surface area contributed by atoms with Crippen LogP contribution in [0.4, 0.5) is 10.1 Å². The van der Waals surface area contributed by atoms with Gasteiger partial charge in [0.25, 0.3) is 5.91 Å². The summed E-state index contributed by atoms with van der Waals surface area (Å²) in [4.78, 5) is 11.6. The van der Waals surface area contributed by atoms with E-state index in [4.69, 9.17) is 5.26 Å². The predicted octanol–water partition coefficient (Wildman–Crippen LogP) is 2.67. The molecule has 0 fully saturated rings. The van der Waals surface area contributed by atoms with Gasteiger partial charge in [0.05, 0.1) is 5.69 Å². The van der Waals surface area contributed by atoms with Gasteiger partial charge in [-0.1, -0.05) is 18.2 Å². The summed E-state index contributed by atoms with van der Waals surface area (Å²) in [5.41, 5.74) is 1.84. The van der Waals surface area contributed by atoms with Crippen LogP contribution in [0.5, 0.6) is 0 Å². The Balaban J connectivity index is 2.16. The van der Waals surface area contributed by atoms with Gasteiger partial charge in [0.15, 0.2) is 0 Å². The summed E-state index contributed by atoms with van der Waals surface area (Å²) >= 11 is 0. The first-order valence-corrected chi connectivity index (χ1v) is 6.39. The van der Waals surface area contributed by atoms with Gasteiger partial charge in [-0.2, -0.15) is 5.26 Å². The summed E-state index contributed by atoms with van der Waals surface area (Å²) in [6.07, 6.45) is 0. The van der Waals surface area contributed by atoms with Gasteiger partial charge in [-0.25, -0.2) is 4.39 Å². The molecular formula is C16H14FN3O. The Morgan fingerprint density at radius 2 is 2.05 bits per heavy atom. The van der Waals surface area contributed by atoms with Gasteiger partial charge in [-0.3, -0.25) is 4.79 Å². The maximum Gasteiger partial charge on any atom is 0.251 e. The van der Waals surface area contributed by atoms with E-state index in [1.165, 1.54) is 6.07 Å². The summed E-state index contributed by atoms with van der Waals surface area (Å²) in [7, 11) is 1.57. The lowest BCUT2D eigenvalue weighted by Crippen LogP contribution is -2.18. The van der Waals surface area contributed by atoms with Crippen LogP contribution in [0.15, 0.2) is 42.5 Å². The molecule has 2 aromatic rings. The maximum atomic E-state index is 13.5. The molecule has 0 bridgehead atoms. The summed E-state index contributed by atoms with van der Waals surface area (Å²) in [5.74, 6) is -0.720. The lowest BCUT2D eigenvalue weighted by atomic mass is 10.1. The van der Waals surface area contributed by atoms with Crippen LogP contribution < -0.4 is 10.6 Å². The number of rotatable bonds is 4. The van der Waals surface area contributed by atoms with Gasteiger partial charge in [-0.15, -0.1) is 0 Å². The van der Waals surface area contributed by atoms with Gasteiger partial charge in [-0.05, 0) is 29.8 Å². The lowest BCUT2D eigenvalue weighted by Gasteiger charge is -2.09. The molecule has 0 radical (unpaired) electrons. The van der Waals surface area contributed by atoms with Crippen LogP contribution >= 0.6 is 0 Å². The molecule has 0 heterocycles. The summed E-state index contributed by atoms with van der Waals surface area (Å²) < 4.78 is 13.5. The Kier molecular flexibility index (Phi) is 4.52. The van der Waals surface area contributed by atoms with E-state index in [2.05, 4.69) is 10.6 Å². The van der Waals surface area contributed by atoms with Gasteiger partial charge >= 0.3 is 0 Å². The monoisotopic (exact) mass is 283 g/mol. The Morgan fingerprint density at radius 1 is 1.29 bits per heavy atom. The van der Waals surface area contributed by atoms with Crippen molar-refractivity contribution in [3.8, 4) is 6.07 Å². The highest BCUT2D eigenvalue weighted by atomic mass is 19.1. The molecule has 4 nitrogen and oxygen atoms in total. The number of nitriles is 1. The minimum atomic E-state index is -0.554. The van der Waals surface area contributed by atoms with Crippen molar-refractivity contribution < 1.29 is 9.18 Å². The number of carbonyl (C=O) groups is 1. The third-order valence-electron chi connectivity index (χ3n) is 3.02. The fourth-order valence-electron chi connectivity index (χ4n) is 1.95. The van der Waals surface area contributed by atoms with Crippen molar-refractivity contribution in [3.05, 3.63) is 65.0 Å². The summed E-state index contributed by atoms with van der Waals surface area (Å²) in [5, 5.41) is 14.5. The van der Waals surface area contributed by atoms with Gasteiger partial charge in [0.2, 0.25) is 0 Å². The predicted molar refractivity (Wildman–Crippen MR) is 78.3 cm³/mol. The Bertz CT molecular complexity index is 707.